The highest BCUT2D eigenvalue weighted by molar-refractivity contribution is 6.30. The second-order valence-electron chi connectivity index (χ2n) is 5.34. The zero-order chi connectivity index (χ0) is 15.9. The van der Waals surface area contributed by atoms with Crippen LogP contribution in [-0.2, 0) is 6.42 Å². The van der Waals surface area contributed by atoms with Gasteiger partial charge in [-0.05, 0) is 42.7 Å². The first kappa shape index (κ1) is 16.5. The Labute approximate surface area is 135 Å². The molecule has 0 fully saturated rings. The van der Waals surface area contributed by atoms with E-state index in [0.717, 1.165) is 11.1 Å². The van der Waals surface area contributed by atoms with Crippen LogP contribution in [0.1, 0.15) is 21.5 Å². The van der Waals surface area contributed by atoms with Crippen LogP contribution >= 0.6 is 11.6 Å². The van der Waals surface area contributed by atoms with Crippen molar-refractivity contribution in [3.05, 3.63) is 64.4 Å². The molecule has 1 aromatic carbocycles. The Morgan fingerprint density at radius 1 is 1.32 bits per heavy atom. The van der Waals surface area contributed by atoms with Crippen LogP contribution < -0.4 is 5.32 Å². The van der Waals surface area contributed by atoms with Crippen LogP contribution in [0.5, 0.6) is 0 Å². The molecule has 0 aliphatic heterocycles. The average Bonchev–Trinajstić information content (AvgIpc) is 2.53. The molecule has 0 saturated heterocycles. The number of halogens is 1. The second-order valence-corrected chi connectivity index (χ2v) is 5.78. The Morgan fingerprint density at radius 3 is 2.68 bits per heavy atom. The summed E-state index contributed by atoms with van der Waals surface area (Å²) in [6.07, 6.45) is 3.92. The van der Waals surface area contributed by atoms with Gasteiger partial charge in [0.1, 0.15) is 0 Å². The lowest BCUT2D eigenvalue weighted by atomic mass is 10.00. The van der Waals surface area contributed by atoms with Crippen molar-refractivity contribution < 1.29 is 9.90 Å². The van der Waals surface area contributed by atoms with Gasteiger partial charge in [0.05, 0.1) is 5.56 Å². The molecule has 0 aliphatic carbocycles. The molecular weight excluding hydrogens is 300 g/mol. The summed E-state index contributed by atoms with van der Waals surface area (Å²) < 4.78 is 0. The van der Waals surface area contributed by atoms with Crippen molar-refractivity contribution in [2.75, 3.05) is 13.2 Å². The first-order chi connectivity index (χ1) is 10.6. The second kappa shape index (κ2) is 7.92. The smallest absolute Gasteiger partial charge is 0.252 e. The fraction of sp³-hybridized carbons (Fsp3) is 0.294. The number of hydrogen-bond acceptors (Lipinski definition) is 3. The predicted octanol–water partition coefficient (Wildman–Crippen LogP) is 2.62. The van der Waals surface area contributed by atoms with E-state index in [0.29, 0.717) is 23.6 Å². The van der Waals surface area contributed by atoms with Gasteiger partial charge in [-0.1, -0.05) is 23.7 Å². The topological polar surface area (TPSA) is 62.2 Å². The van der Waals surface area contributed by atoms with E-state index in [1.54, 1.807) is 12.3 Å². The van der Waals surface area contributed by atoms with Crippen molar-refractivity contribution in [3.63, 3.8) is 0 Å². The van der Waals surface area contributed by atoms with Gasteiger partial charge in [-0.15, -0.1) is 0 Å². The molecule has 1 aromatic heterocycles. The standard InChI is InChI=1S/C17H19ClN2O2/c1-12-6-15(10-19-8-12)17(22)20-9-14(11-21)7-13-2-4-16(18)5-3-13/h2-6,8,10,14,21H,7,9,11H2,1H3,(H,20,22)/t14-/m0/s1. The van der Waals surface area contributed by atoms with Crippen LogP contribution in [0, 0.1) is 12.8 Å². The van der Waals surface area contributed by atoms with Gasteiger partial charge in [0.25, 0.3) is 5.91 Å². The molecule has 0 unspecified atom stereocenters. The lowest BCUT2D eigenvalue weighted by molar-refractivity contribution is 0.0939. The number of nitrogens with zero attached hydrogens (tertiary/aromatic N) is 1. The Hall–Kier alpha value is -1.91. The number of aromatic nitrogens is 1. The summed E-state index contributed by atoms with van der Waals surface area (Å²) in [5, 5.41) is 13.0. The molecule has 0 radical (unpaired) electrons. The molecular formula is C17H19ClN2O2. The largest absolute Gasteiger partial charge is 0.396 e. The lowest BCUT2D eigenvalue weighted by Gasteiger charge is -2.15. The van der Waals surface area contributed by atoms with Gasteiger partial charge in [0, 0.05) is 36.5 Å². The van der Waals surface area contributed by atoms with Gasteiger partial charge in [-0.2, -0.15) is 0 Å². The number of benzene rings is 1. The van der Waals surface area contributed by atoms with E-state index in [2.05, 4.69) is 10.3 Å². The van der Waals surface area contributed by atoms with Gasteiger partial charge in [0.15, 0.2) is 0 Å². The molecule has 0 bridgehead atoms. The predicted molar refractivity (Wildman–Crippen MR) is 87.0 cm³/mol. The molecule has 5 heteroatoms. The van der Waals surface area contributed by atoms with Gasteiger partial charge in [0.2, 0.25) is 0 Å². The van der Waals surface area contributed by atoms with Crippen molar-refractivity contribution >= 4 is 17.5 Å². The third kappa shape index (κ3) is 4.83. The number of aliphatic hydroxyl groups excluding tert-OH is 1. The van der Waals surface area contributed by atoms with Crippen LogP contribution in [0.15, 0.2) is 42.7 Å². The van der Waals surface area contributed by atoms with E-state index in [-0.39, 0.29) is 18.4 Å². The number of aliphatic hydroxyl groups is 1. The van der Waals surface area contributed by atoms with Gasteiger partial charge in [-0.3, -0.25) is 9.78 Å². The Bertz CT molecular complexity index is 629. The Balaban J connectivity index is 1.90. The summed E-state index contributed by atoms with van der Waals surface area (Å²) in [5.74, 6) is -0.214. The van der Waals surface area contributed by atoms with Crippen molar-refractivity contribution in [1.29, 1.82) is 0 Å². The zero-order valence-electron chi connectivity index (χ0n) is 12.4. The minimum Gasteiger partial charge on any atom is -0.396 e. The molecule has 1 amide bonds. The third-order valence-corrected chi connectivity index (χ3v) is 3.64. The van der Waals surface area contributed by atoms with E-state index in [1.807, 2.05) is 31.2 Å². The first-order valence-electron chi connectivity index (χ1n) is 7.13. The highest BCUT2D eigenvalue weighted by Crippen LogP contribution is 2.13. The maximum absolute atomic E-state index is 12.1. The van der Waals surface area contributed by atoms with E-state index in [1.165, 1.54) is 6.20 Å². The molecule has 2 rings (SSSR count). The minimum atomic E-state index is -0.175. The van der Waals surface area contributed by atoms with Crippen LogP contribution in [0.4, 0.5) is 0 Å². The highest BCUT2D eigenvalue weighted by atomic mass is 35.5. The van der Waals surface area contributed by atoms with Crippen LogP contribution in [0.3, 0.4) is 0 Å². The van der Waals surface area contributed by atoms with Crippen LogP contribution in [0.25, 0.3) is 0 Å². The van der Waals surface area contributed by atoms with Crippen molar-refractivity contribution in [2.24, 2.45) is 5.92 Å². The summed E-state index contributed by atoms with van der Waals surface area (Å²) in [7, 11) is 0. The number of aryl methyl sites for hydroxylation is 1. The number of amides is 1. The Morgan fingerprint density at radius 2 is 2.05 bits per heavy atom. The summed E-state index contributed by atoms with van der Waals surface area (Å²) >= 11 is 5.85. The van der Waals surface area contributed by atoms with Crippen LogP contribution in [0.2, 0.25) is 5.02 Å². The molecule has 1 atom stereocenters. The summed E-state index contributed by atoms with van der Waals surface area (Å²) in [6.45, 7) is 2.31. The van der Waals surface area contributed by atoms with E-state index in [9.17, 15) is 9.90 Å². The molecule has 22 heavy (non-hydrogen) atoms. The zero-order valence-corrected chi connectivity index (χ0v) is 13.2. The summed E-state index contributed by atoms with van der Waals surface area (Å²) in [6, 6.07) is 9.29. The molecule has 0 saturated carbocycles. The number of pyridine rings is 1. The molecule has 0 aliphatic rings. The van der Waals surface area contributed by atoms with E-state index >= 15 is 0 Å². The van der Waals surface area contributed by atoms with E-state index < -0.39 is 0 Å². The quantitative estimate of drug-likeness (QED) is 0.860. The number of carbonyl (C=O) groups is 1. The third-order valence-electron chi connectivity index (χ3n) is 3.38. The fourth-order valence-corrected chi connectivity index (χ4v) is 2.30. The van der Waals surface area contributed by atoms with Gasteiger partial charge >= 0.3 is 0 Å². The number of hydrogen-bond donors (Lipinski definition) is 2. The molecule has 2 aromatic rings. The normalized spacial score (nSPS) is 12.0. The van der Waals surface area contributed by atoms with Crippen molar-refractivity contribution in [3.8, 4) is 0 Å². The molecule has 2 N–H and O–H groups in total. The molecule has 1 heterocycles. The maximum Gasteiger partial charge on any atom is 0.252 e. The average molecular weight is 319 g/mol. The molecule has 4 nitrogen and oxygen atoms in total. The maximum atomic E-state index is 12.1. The minimum absolute atomic E-state index is 0.00890. The fourth-order valence-electron chi connectivity index (χ4n) is 2.17. The number of rotatable bonds is 6. The van der Waals surface area contributed by atoms with Crippen molar-refractivity contribution in [2.45, 2.75) is 13.3 Å². The monoisotopic (exact) mass is 318 g/mol. The molecule has 116 valence electrons. The van der Waals surface area contributed by atoms with Gasteiger partial charge < -0.3 is 10.4 Å². The van der Waals surface area contributed by atoms with E-state index in [4.69, 9.17) is 11.6 Å². The SMILES string of the molecule is Cc1cncc(C(=O)NC[C@@H](CO)Cc2ccc(Cl)cc2)c1. The lowest BCUT2D eigenvalue weighted by Crippen LogP contribution is -2.32. The van der Waals surface area contributed by atoms with Gasteiger partial charge in [-0.25, -0.2) is 0 Å². The molecule has 0 spiro atoms. The van der Waals surface area contributed by atoms with Crippen LogP contribution in [-0.4, -0.2) is 29.1 Å². The number of nitrogens with one attached hydrogen (secondary N) is 1. The number of carbonyl (C=O) groups excluding carboxylic acids is 1. The summed E-state index contributed by atoms with van der Waals surface area (Å²) in [5.41, 5.74) is 2.55. The van der Waals surface area contributed by atoms with Crippen molar-refractivity contribution in [1.82, 2.24) is 10.3 Å². The highest BCUT2D eigenvalue weighted by Gasteiger charge is 2.12. The summed E-state index contributed by atoms with van der Waals surface area (Å²) in [4.78, 5) is 16.1. The first-order valence-corrected chi connectivity index (χ1v) is 7.51. The Kier molecular flexibility index (Phi) is 5.92.